The normalized spacial score (nSPS) is 11.9. The summed E-state index contributed by atoms with van der Waals surface area (Å²) in [5, 5.41) is 0. The van der Waals surface area contributed by atoms with Gasteiger partial charge >= 0.3 is 11.9 Å². The molecule has 1 unspecified atom stereocenters. The summed E-state index contributed by atoms with van der Waals surface area (Å²) in [4.78, 5) is 22.4. The van der Waals surface area contributed by atoms with Gasteiger partial charge in [0, 0.05) is 12.8 Å². The van der Waals surface area contributed by atoms with E-state index >= 15 is 0 Å². The summed E-state index contributed by atoms with van der Waals surface area (Å²) in [7, 11) is 1.37. The minimum absolute atomic E-state index is 0.153. The molecule has 0 rings (SSSR count). The fraction of sp³-hybridized carbons (Fsp3) is 0.867. The first kappa shape index (κ1) is 17.9. The van der Waals surface area contributed by atoms with E-state index < -0.39 is 0 Å². The number of carbonyl (C=O) groups is 2. The van der Waals surface area contributed by atoms with E-state index in [1.807, 2.05) is 0 Å². The summed E-state index contributed by atoms with van der Waals surface area (Å²) < 4.78 is 9.80. The largest absolute Gasteiger partial charge is 0.469 e. The molecule has 1 atom stereocenters. The van der Waals surface area contributed by atoms with Crippen molar-refractivity contribution in [3.05, 3.63) is 0 Å². The first-order valence-electron chi connectivity index (χ1n) is 7.36. The van der Waals surface area contributed by atoms with Crippen LogP contribution in [0, 0.1) is 5.92 Å². The van der Waals surface area contributed by atoms with E-state index in [1.54, 1.807) is 0 Å². The number of rotatable bonds is 11. The number of hydrogen-bond acceptors (Lipinski definition) is 4. The van der Waals surface area contributed by atoms with Crippen LogP contribution in [0.25, 0.3) is 0 Å². The Bertz CT molecular complexity index is 251. The average Bonchev–Trinajstić information content (AvgIpc) is 2.43. The number of unbranched alkanes of at least 4 members (excludes halogenated alkanes) is 2. The van der Waals surface area contributed by atoms with Crippen molar-refractivity contribution in [1.29, 1.82) is 0 Å². The molecular weight excluding hydrogens is 244 g/mol. The number of esters is 2. The van der Waals surface area contributed by atoms with Crippen LogP contribution in [0.2, 0.25) is 0 Å². The second-order valence-corrected chi connectivity index (χ2v) is 4.88. The van der Waals surface area contributed by atoms with Gasteiger partial charge in [0.15, 0.2) is 0 Å². The van der Waals surface area contributed by atoms with Gasteiger partial charge in [0.25, 0.3) is 0 Å². The molecule has 0 fully saturated rings. The molecule has 0 saturated carbocycles. The van der Waals surface area contributed by atoms with Gasteiger partial charge in [0.05, 0.1) is 13.7 Å². The number of methoxy groups -OCH3 is 1. The first-order valence-corrected chi connectivity index (χ1v) is 7.36. The van der Waals surface area contributed by atoms with Gasteiger partial charge in [0.2, 0.25) is 0 Å². The monoisotopic (exact) mass is 272 g/mol. The van der Waals surface area contributed by atoms with Crippen LogP contribution in [0.3, 0.4) is 0 Å². The molecule has 0 radical (unpaired) electrons. The van der Waals surface area contributed by atoms with Crippen LogP contribution in [-0.4, -0.2) is 25.7 Å². The van der Waals surface area contributed by atoms with E-state index in [-0.39, 0.29) is 11.9 Å². The number of ether oxygens (including phenoxy) is 2. The highest BCUT2D eigenvalue weighted by atomic mass is 16.5. The number of hydrogen-bond donors (Lipinski definition) is 0. The molecule has 0 spiro atoms. The molecule has 19 heavy (non-hydrogen) atoms. The van der Waals surface area contributed by atoms with E-state index in [0.29, 0.717) is 38.2 Å². The molecule has 0 bridgehead atoms. The van der Waals surface area contributed by atoms with E-state index in [0.717, 1.165) is 12.8 Å². The molecule has 4 nitrogen and oxygen atoms in total. The summed E-state index contributed by atoms with van der Waals surface area (Å²) in [6.07, 6.45) is 6.67. The molecule has 0 aliphatic rings. The van der Waals surface area contributed by atoms with Crippen LogP contribution in [0.4, 0.5) is 0 Å². The van der Waals surface area contributed by atoms with Gasteiger partial charge in [-0.05, 0) is 25.2 Å². The molecule has 0 aliphatic heterocycles. The smallest absolute Gasteiger partial charge is 0.305 e. The quantitative estimate of drug-likeness (QED) is 0.427. The Morgan fingerprint density at radius 3 is 2.16 bits per heavy atom. The molecule has 0 amide bonds. The van der Waals surface area contributed by atoms with E-state index in [9.17, 15) is 9.59 Å². The summed E-state index contributed by atoms with van der Waals surface area (Å²) in [6, 6.07) is 0. The average molecular weight is 272 g/mol. The summed E-state index contributed by atoms with van der Waals surface area (Å²) in [5.41, 5.74) is 0. The predicted molar refractivity (Wildman–Crippen MR) is 74.7 cm³/mol. The van der Waals surface area contributed by atoms with E-state index in [1.165, 1.54) is 20.0 Å². The Hall–Kier alpha value is -1.06. The Kier molecular flexibility index (Phi) is 11.3. The molecule has 0 N–H and O–H groups in total. The van der Waals surface area contributed by atoms with Crippen molar-refractivity contribution >= 4 is 11.9 Å². The highest BCUT2D eigenvalue weighted by molar-refractivity contribution is 5.70. The van der Waals surface area contributed by atoms with Gasteiger partial charge in [-0.2, -0.15) is 0 Å². The Balaban J connectivity index is 3.59. The van der Waals surface area contributed by atoms with Crippen molar-refractivity contribution in [3.63, 3.8) is 0 Å². The summed E-state index contributed by atoms with van der Waals surface area (Å²) >= 11 is 0. The van der Waals surface area contributed by atoms with Crippen molar-refractivity contribution in [3.8, 4) is 0 Å². The van der Waals surface area contributed by atoms with Gasteiger partial charge in [-0.1, -0.05) is 33.1 Å². The van der Waals surface area contributed by atoms with Crippen LogP contribution in [0.5, 0.6) is 0 Å². The van der Waals surface area contributed by atoms with Gasteiger partial charge in [-0.15, -0.1) is 0 Å². The molecular formula is C15H28O4. The minimum Gasteiger partial charge on any atom is -0.469 e. The number of carbonyl (C=O) groups excluding carboxylic acids is 2. The maximum absolute atomic E-state index is 11.5. The van der Waals surface area contributed by atoms with Crippen LogP contribution in [-0.2, 0) is 19.1 Å². The summed E-state index contributed by atoms with van der Waals surface area (Å²) in [6.45, 7) is 4.83. The van der Waals surface area contributed by atoms with Crippen LogP contribution in [0.1, 0.15) is 65.2 Å². The lowest BCUT2D eigenvalue weighted by molar-refractivity contribution is -0.146. The van der Waals surface area contributed by atoms with E-state index in [4.69, 9.17) is 4.74 Å². The zero-order chi connectivity index (χ0) is 14.5. The molecule has 4 heteroatoms. The second kappa shape index (κ2) is 12.0. The highest BCUT2D eigenvalue weighted by Gasteiger charge is 2.10. The second-order valence-electron chi connectivity index (χ2n) is 4.88. The fourth-order valence-corrected chi connectivity index (χ4v) is 1.82. The lowest BCUT2D eigenvalue weighted by Gasteiger charge is -2.14. The lowest BCUT2D eigenvalue weighted by Crippen LogP contribution is -2.13. The third-order valence-electron chi connectivity index (χ3n) is 3.26. The third kappa shape index (κ3) is 10.5. The maximum atomic E-state index is 11.5. The van der Waals surface area contributed by atoms with Gasteiger partial charge in [0.1, 0.15) is 0 Å². The minimum atomic E-state index is -0.223. The van der Waals surface area contributed by atoms with Crippen molar-refractivity contribution < 1.29 is 19.1 Å². The van der Waals surface area contributed by atoms with Crippen LogP contribution < -0.4 is 0 Å². The van der Waals surface area contributed by atoms with Gasteiger partial charge in [-0.3, -0.25) is 9.59 Å². The van der Waals surface area contributed by atoms with Crippen LogP contribution in [0.15, 0.2) is 0 Å². The Morgan fingerprint density at radius 1 is 1.00 bits per heavy atom. The molecule has 112 valence electrons. The lowest BCUT2D eigenvalue weighted by atomic mass is 10.0. The molecule has 0 aliphatic carbocycles. The van der Waals surface area contributed by atoms with Gasteiger partial charge < -0.3 is 9.47 Å². The van der Waals surface area contributed by atoms with Crippen molar-refractivity contribution in [2.24, 2.45) is 5.92 Å². The first-order chi connectivity index (χ1) is 9.13. The van der Waals surface area contributed by atoms with Crippen molar-refractivity contribution in [1.82, 2.24) is 0 Å². The van der Waals surface area contributed by atoms with E-state index in [2.05, 4.69) is 18.6 Å². The van der Waals surface area contributed by atoms with Crippen LogP contribution >= 0.6 is 0 Å². The maximum Gasteiger partial charge on any atom is 0.305 e. The zero-order valence-electron chi connectivity index (χ0n) is 12.6. The molecule has 0 saturated heterocycles. The molecule has 0 aromatic heterocycles. The molecule has 0 aromatic carbocycles. The fourth-order valence-electron chi connectivity index (χ4n) is 1.82. The van der Waals surface area contributed by atoms with Crippen molar-refractivity contribution in [2.75, 3.05) is 13.7 Å². The third-order valence-corrected chi connectivity index (χ3v) is 3.26. The predicted octanol–water partition coefficient (Wildman–Crippen LogP) is 3.48. The molecule has 0 aromatic rings. The molecule has 0 heterocycles. The zero-order valence-corrected chi connectivity index (χ0v) is 12.6. The Morgan fingerprint density at radius 2 is 1.63 bits per heavy atom. The Labute approximate surface area is 116 Å². The standard InChI is InChI=1S/C15H28O4/c1-4-6-9-13(5-2)12-19-15(17)11-8-7-10-14(16)18-3/h13H,4-12H2,1-3H3. The SMILES string of the molecule is CCCCC(CC)COC(=O)CCCCC(=O)OC. The van der Waals surface area contributed by atoms with Gasteiger partial charge in [-0.25, -0.2) is 0 Å². The highest BCUT2D eigenvalue weighted by Crippen LogP contribution is 2.13. The van der Waals surface area contributed by atoms with Crippen molar-refractivity contribution in [2.45, 2.75) is 65.2 Å². The topological polar surface area (TPSA) is 52.6 Å². The summed E-state index contributed by atoms with van der Waals surface area (Å²) in [5.74, 6) is 0.109.